The van der Waals surface area contributed by atoms with Gasteiger partial charge in [0.05, 0.1) is 0 Å². The minimum atomic E-state index is -0.698. The van der Waals surface area contributed by atoms with Gasteiger partial charge < -0.3 is 0 Å². The maximum atomic E-state index is 12.7. The molecule has 0 unspecified atom stereocenters. The number of hydrogen-bond donors (Lipinski definition) is 0. The minimum absolute atomic E-state index is 0.698. The Morgan fingerprint density at radius 1 is 1.50 bits per heavy atom. The summed E-state index contributed by atoms with van der Waals surface area (Å²) in [6, 6.07) is 0. The van der Waals surface area contributed by atoms with Crippen LogP contribution in [0.4, 0.5) is 4.39 Å². The first kappa shape index (κ1) is 6.06. The largest absolute Gasteiger partial charge is 0.244 e. The monoisotopic (exact) mass is 116 g/mol. The second-order valence-electron chi connectivity index (χ2n) is 2.75. The molecule has 0 spiro atoms. The summed E-state index contributed by atoms with van der Waals surface area (Å²) in [7, 11) is 0. The van der Waals surface area contributed by atoms with Gasteiger partial charge in [-0.05, 0) is 19.3 Å². The van der Waals surface area contributed by atoms with Crippen molar-refractivity contribution in [3.05, 3.63) is 0 Å². The highest BCUT2D eigenvalue weighted by Crippen LogP contribution is 2.43. The molecule has 0 saturated heterocycles. The molecule has 0 aromatic carbocycles. The lowest BCUT2D eigenvalue weighted by Crippen LogP contribution is -1.96. The molecule has 0 nitrogen and oxygen atoms in total. The van der Waals surface area contributed by atoms with Crippen molar-refractivity contribution in [2.24, 2.45) is 0 Å². The van der Waals surface area contributed by atoms with Crippen molar-refractivity contribution >= 4 is 0 Å². The average Bonchev–Trinajstić information content (AvgIpc) is 2.45. The van der Waals surface area contributed by atoms with Gasteiger partial charge in [0.25, 0.3) is 0 Å². The molecule has 0 atom stereocenters. The molecular weight excluding hydrogens is 103 g/mol. The van der Waals surface area contributed by atoms with Crippen molar-refractivity contribution in [2.45, 2.75) is 44.7 Å². The van der Waals surface area contributed by atoms with Gasteiger partial charge in [0, 0.05) is 0 Å². The third-order valence-electron chi connectivity index (χ3n) is 1.77. The molecule has 0 radical (unpaired) electrons. The molecule has 0 bridgehead atoms. The molecule has 0 N–H and O–H groups in total. The van der Waals surface area contributed by atoms with E-state index in [1.165, 1.54) is 0 Å². The fourth-order valence-corrected chi connectivity index (χ4v) is 0.879. The van der Waals surface area contributed by atoms with Gasteiger partial charge in [0.15, 0.2) is 0 Å². The van der Waals surface area contributed by atoms with Gasteiger partial charge in [-0.25, -0.2) is 4.39 Å². The first-order valence-electron chi connectivity index (χ1n) is 3.46. The van der Waals surface area contributed by atoms with Gasteiger partial charge in [0.1, 0.15) is 5.67 Å². The van der Waals surface area contributed by atoms with Crippen LogP contribution in [-0.4, -0.2) is 5.67 Å². The Kier molecular flexibility index (Phi) is 1.54. The van der Waals surface area contributed by atoms with Crippen LogP contribution in [0.2, 0.25) is 0 Å². The van der Waals surface area contributed by atoms with E-state index < -0.39 is 5.67 Å². The van der Waals surface area contributed by atoms with Crippen LogP contribution in [0.5, 0.6) is 0 Å². The highest BCUT2D eigenvalue weighted by Gasteiger charge is 2.41. The van der Waals surface area contributed by atoms with Gasteiger partial charge in [-0.2, -0.15) is 0 Å². The molecule has 0 heterocycles. The van der Waals surface area contributed by atoms with Crippen molar-refractivity contribution in [3.8, 4) is 0 Å². The molecule has 1 aliphatic rings. The standard InChI is InChI=1S/C7H13F/c1-2-3-4-7(8)5-6-7/h2-6H2,1H3. The van der Waals surface area contributed by atoms with Crippen LogP contribution < -0.4 is 0 Å². The van der Waals surface area contributed by atoms with E-state index in [0.717, 1.165) is 32.1 Å². The predicted molar refractivity (Wildman–Crippen MR) is 32.6 cm³/mol. The summed E-state index contributed by atoms with van der Waals surface area (Å²) in [4.78, 5) is 0. The van der Waals surface area contributed by atoms with Crippen LogP contribution in [0, 0.1) is 0 Å². The van der Waals surface area contributed by atoms with Gasteiger partial charge in [0.2, 0.25) is 0 Å². The van der Waals surface area contributed by atoms with E-state index in [9.17, 15) is 4.39 Å². The van der Waals surface area contributed by atoms with Crippen molar-refractivity contribution < 1.29 is 4.39 Å². The van der Waals surface area contributed by atoms with Gasteiger partial charge in [-0.15, -0.1) is 0 Å². The molecule has 1 aliphatic carbocycles. The molecule has 8 heavy (non-hydrogen) atoms. The molecular formula is C7H13F. The van der Waals surface area contributed by atoms with Crippen molar-refractivity contribution in [3.63, 3.8) is 0 Å². The maximum absolute atomic E-state index is 12.7. The molecule has 1 rings (SSSR count). The molecule has 48 valence electrons. The molecule has 1 heteroatoms. The Balaban J connectivity index is 2.01. The van der Waals surface area contributed by atoms with Gasteiger partial charge >= 0.3 is 0 Å². The minimum Gasteiger partial charge on any atom is -0.244 e. The molecule has 0 amide bonds. The van der Waals surface area contributed by atoms with E-state index in [4.69, 9.17) is 0 Å². The number of alkyl halides is 1. The van der Waals surface area contributed by atoms with Crippen molar-refractivity contribution in [1.82, 2.24) is 0 Å². The van der Waals surface area contributed by atoms with E-state index in [2.05, 4.69) is 6.92 Å². The maximum Gasteiger partial charge on any atom is 0.111 e. The molecule has 0 aliphatic heterocycles. The van der Waals surface area contributed by atoms with Crippen molar-refractivity contribution in [1.29, 1.82) is 0 Å². The van der Waals surface area contributed by atoms with Gasteiger partial charge in [-0.3, -0.25) is 0 Å². The Hall–Kier alpha value is -0.0700. The quantitative estimate of drug-likeness (QED) is 0.531. The molecule has 0 aromatic rings. The Bertz CT molecular complexity index is 74.5. The Morgan fingerprint density at radius 2 is 2.12 bits per heavy atom. The number of halogens is 1. The normalized spacial score (nSPS) is 23.2. The SMILES string of the molecule is CCCCC1(F)CC1. The number of unbranched alkanes of at least 4 members (excludes halogenated alkanes) is 1. The van der Waals surface area contributed by atoms with Crippen LogP contribution in [-0.2, 0) is 0 Å². The number of rotatable bonds is 3. The second kappa shape index (κ2) is 2.04. The van der Waals surface area contributed by atoms with Gasteiger partial charge in [-0.1, -0.05) is 19.8 Å². The zero-order chi connectivity index (χ0) is 6.04. The third kappa shape index (κ3) is 1.46. The fraction of sp³-hybridized carbons (Fsp3) is 1.00. The highest BCUT2D eigenvalue weighted by molar-refractivity contribution is 4.93. The molecule has 1 fully saturated rings. The first-order chi connectivity index (χ1) is 3.77. The zero-order valence-electron chi connectivity index (χ0n) is 5.41. The average molecular weight is 116 g/mol. The predicted octanol–water partition coefficient (Wildman–Crippen LogP) is 2.68. The Morgan fingerprint density at radius 3 is 2.50 bits per heavy atom. The fourth-order valence-electron chi connectivity index (χ4n) is 0.879. The number of hydrogen-bond acceptors (Lipinski definition) is 0. The van der Waals surface area contributed by atoms with Crippen LogP contribution >= 0.6 is 0 Å². The summed E-state index contributed by atoms with van der Waals surface area (Å²) in [5, 5.41) is 0. The lowest BCUT2D eigenvalue weighted by molar-refractivity contribution is 0.283. The zero-order valence-corrected chi connectivity index (χ0v) is 5.41. The third-order valence-corrected chi connectivity index (χ3v) is 1.77. The second-order valence-corrected chi connectivity index (χ2v) is 2.75. The van der Waals surface area contributed by atoms with E-state index in [0.29, 0.717) is 0 Å². The summed E-state index contributed by atoms with van der Waals surface area (Å²) in [6.45, 7) is 2.10. The van der Waals surface area contributed by atoms with E-state index >= 15 is 0 Å². The topological polar surface area (TPSA) is 0 Å². The summed E-state index contributed by atoms with van der Waals surface area (Å²) in [6.07, 6.45) is 4.66. The smallest absolute Gasteiger partial charge is 0.111 e. The van der Waals surface area contributed by atoms with E-state index in [1.54, 1.807) is 0 Å². The highest BCUT2D eigenvalue weighted by atomic mass is 19.1. The van der Waals surface area contributed by atoms with Crippen LogP contribution in [0.1, 0.15) is 39.0 Å². The van der Waals surface area contributed by atoms with Crippen LogP contribution in [0.15, 0.2) is 0 Å². The first-order valence-corrected chi connectivity index (χ1v) is 3.46. The van der Waals surface area contributed by atoms with Crippen LogP contribution in [0.3, 0.4) is 0 Å². The van der Waals surface area contributed by atoms with Crippen LogP contribution in [0.25, 0.3) is 0 Å². The Labute approximate surface area is 50.1 Å². The molecule has 1 saturated carbocycles. The van der Waals surface area contributed by atoms with E-state index in [-0.39, 0.29) is 0 Å². The summed E-state index contributed by atoms with van der Waals surface area (Å²) >= 11 is 0. The lowest BCUT2D eigenvalue weighted by atomic mass is 10.2. The summed E-state index contributed by atoms with van der Waals surface area (Å²) in [5.74, 6) is 0. The van der Waals surface area contributed by atoms with Crippen molar-refractivity contribution in [2.75, 3.05) is 0 Å². The lowest BCUT2D eigenvalue weighted by Gasteiger charge is -1.99. The molecule has 0 aromatic heterocycles. The summed E-state index contributed by atoms with van der Waals surface area (Å²) in [5.41, 5.74) is -0.698. The summed E-state index contributed by atoms with van der Waals surface area (Å²) < 4.78 is 12.7. The van der Waals surface area contributed by atoms with E-state index in [1.807, 2.05) is 0 Å².